The lowest BCUT2D eigenvalue weighted by atomic mass is 9.76. The molecule has 1 heterocycles. The van der Waals surface area contributed by atoms with E-state index in [0.29, 0.717) is 11.8 Å². The zero-order chi connectivity index (χ0) is 21.4. The Morgan fingerprint density at radius 1 is 0.900 bits per heavy atom. The summed E-state index contributed by atoms with van der Waals surface area (Å²) in [5.74, 6) is 3.50. The smallest absolute Gasteiger partial charge is 0.0942 e. The molecule has 1 aromatic carbocycles. The Morgan fingerprint density at radius 3 is 2.23 bits per heavy atom. The van der Waals surface area contributed by atoms with E-state index in [1.807, 2.05) is 0 Å². The Balaban J connectivity index is 1.43. The van der Waals surface area contributed by atoms with E-state index in [-0.39, 0.29) is 0 Å². The maximum atomic E-state index is 2.53. The number of nitrogens with zero attached hydrogens (tertiary/aromatic N) is 2. The average molecular weight is 405 g/mol. The van der Waals surface area contributed by atoms with E-state index in [0.717, 1.165) is 31.0 Å². The van der Waals surface area contributed by atoms with Crippen LogP contribution in [0.4, 0.5) is 5.69 Å². The summed E-state index contributed by atoms with van der Waals surface area (Å²) >= 11 is 0. The minimum atomic E-state index is 0.536. The van der Waals surface area contributed by atoms with E-state index in [1.165, 1.54) is 36.1 Å². The predicted octanol–water partition coefficient (Wildman–Crippen LogP) is 7.42. The van der Waals surface area contributed by atoms with Crippen LogP contribution in [0.1, 0.15) is 83.8 Å². The molecule has 0 radical (unpaired) electrons. The van der Waals surface area contributed by atoms with Crippen molar-refractivity contribution in [3.8, 4) is 0 Å². The van der Waals surface area contributed by atoms with Gasteiger partial charge in [0.05, 0.1) is 6.67 Å². The fraction of sp³-hybridized carbons (Fsp3) is 0.571. The first-order valence-corrected chi connectivity index (χ1v) is 12.0. The number of rotatable bonds is 6. The van der Waals surface area contributed by atoms with Crippen LogP contribution in [0.2, 0.25) is 0 Å². The van der Waals surface area contributed by atoms with E-state index < -0.39 is 0 Å². The molecular weight excluding hydrogens is 364 g/mol. The van der Waals surface area contributed by atoms with Crippen LogP contribution in [0.15, 0.2) is 53.9 Å². The van der Waals surface area contributed by atoms with Gasteiger partial charge in [0.15, 0.2) is 0 Å². The Kier molecular flexibility index (Phi) is 6.14. The van der Waals surface area contributed by atoms with Crippen LogP contribution in [0, 0.1) is 17.8 Å². The quantitative estimate of drug-likeness (QED) is 0.486. The molecule has 0 saturated heterocycles. The van der Waals surface area contributed by atoms with Gasteiger partial charge < -0.3 is 9.80 Å². The summed E-state index contributed by atoms with van der Waals surface area (Å²) in [5, 5.41) is 0. The minimum Gasteiger partial charge on any atom is -0.358 e. The van der Waals surface area contributed by atoms with Gasteiger partial charge in [0.2, 0.25) is 0 Å². The Labute approximate surface area is 184 Å². The number of hydrogen-bond acceptors (Lipinski definition) is 2. The number of benzene rings is 1. The highest BCUT2D eigenvalue weighted by atomic mass is 15.3. The van der Waals surface area contributed by atoms with Gasteiger partial charge in [0.1, 0.15) is 0 Å². The third-order valence-corrected chi connectivity index (χ3v) is 7.72. The normalized spacial score (nSPS) is 25.9. The summed E-state index contributed by atoms with van der Waals surface area (Å²) in [6, 6.07) is 6.86. The van der Waals surface area contributed by atoms with E-state index in [4.69, 9.17) is 0 Å². The fourth-order valence-electron chi connectivity index (χ4n) is 6.03. The number of para-hydroxylation sites is 1. The predicted molar refractivity (Wildman–Crippen MR) is 130 cm³/mol. The summed E-state index contributed by atoms with van der Waals surface area (Å²) in [5.41, 5.74) is 7.59. The molecule has 2 heteroatoms. The Bertz CT molecular complexity index is 831. The second-order valence-corrected chi connectivity index (χ2v) is 10.4. The first-order valence-electron chi connectivity index (χ1n) is 12.0. The third kappa shape index (κ3) is 3.98. The van der Waals surface area contributed by atoms with Crippen LogP contribution < -0.4 is 4.90 Å². The summed E-state index contributed by atoms with van der Waals surface area (Å²) < 4.78 is 0. The highest BCUT2D eigenvalue weighted by Crippen LogP contribution is 2.48. The maximum Gasteiger partial charge on any atom is 0.0942 e. The summed E-state index contributed by atoms with van der Waals surface area (Å²) in [4.78, 5) is 5.01. The molecule has 1 aliphatic heterocycles. The number of hydrogen-bond donors (Lipinski definition) is 0. The molecule has 1 aromatic rings. The number of allylic oxidation sites excluding steroid dienone is 4. The molecule has 3 unspecified atom stereocenters. The lowest BCUT2D eigenvalue weighted by Gasteiger charge is -2.31. The highest BCUT2D eigenvalue weighted by molar-refractivity contribution is 5.64. The van der Waals surface area contributed by atoms with Crippen LogP contribution in [0.5, 0.6) is 0 Å². The van der Waals surface area contributed by atoms with Crippen molar-refractivity contribution in [1.82, 2.24) is 4.90 Å². The number of anilines is 1. The van der Waals surface area contributed by atoms with Crippen molar-refractivity contribution in [2.45, 2.75) is 72.6 Å². The van der Waals surface area contributed by atoms with Gasteiger partial charge in [-0.2, -0.15) is 0 Å². The van der Waals surface area contributed by atoms with Crippen molar-refractivity contribution in [3.05, 3.63) is 65.0 Å². The second-order valence-electron chi connectivity index (χ2n) is 10.4. The van der Waals surface area contributed by atoms with E-state index in [9.17, 15) is 0 Å². The zero-order valence-electron chi connectivity index (χ0n) is 19.9. The molecule has 0 spiro atoms. The van der Waals surface area contributed by atoms with Gasteiger partial charge >= 0.3 is 0 Å². The van der Waals surface area contributed by atoms with Crippen molar-refractivity contribution in [2.24, 2.45) is 17.8 Å². The van der Waals surface area contributed by atoms with Gasteiger partial charge in [-0.1, -0.05) is 69.2 Å². The van der Waals surface area contributed by atoms with E-state index in [2.05, 4.69) is 94.1 Å². The van der Waals surface area contributed by atoms with Gasteiger partial charge in [-0.05, 0) is 73.8 Å². The summed E-state index contributed by atoms with van der Waals surface area (Å²) in [7, 11) is 0. The van der Waals surface area contributed by atoms with Crippen molar-refractivity contribution < 1.29 is 0 Å². The van der Waals surface area contributed by atoms with E-state index in [1.54, 1.807) is 11.1 Å². The number of fused-ring (bicyclic) bond motifs is 1. The highest BCUT2D eigenvalue weighted by Gasteiger charge is 2.38. The van der Waals surface area contributed by atoms with Crippen molar-refractivity contribution in [2.75, 3.05) is 18.1 Å². The lowest BCUT2D eigenvalue weighted by Crippen LogP contribution is -2.29. The standard InChI is InChI=1S/C28H40N2/c1-19(2)24-8-7-9-25(20(3)4)28(24)30-17-16-29(18-30)15-14-23-12-13-26-21(5)10-11-22(6)27(23)26/h7-11,16-17,19-20,23,26-27H,12-15,18H2,1-6H3. The molecule has 30 heavy (non-hydrogen) atoms. The molecular formula is C28H40N2. The maximum absolute atomic E-state index is 2.53. The first kappa shape index (κ1) is 21.3. The van der Waals surface area contributed by atoms with Crippen LogP contribution in [-0.4, -0.2) is 18.1 Å². The molecule has 2 nitrogen and oxygen atoms in total. The Hall–Kier alpha value is -1.96. The Morgan fingerprint density at radius 2 is 1.57 bits per heavy atom. The molecule has 1 fully saturated rings. The van der Waals surface area contributed by atoms with Crippen molar-refractivity contribution in [3.63, 3.8) is 0 Å². The second kappa shape index (κ2) is 8.65. The minimum absolute atomic E-state index is 0.536. The van der Waals surface area contributed by atoms with Crippen molar-refractivity contribution >= 4 is 5.69 Å². The third-order valence-electron chi connectivity index (χ3n) is 7.72. The van der Waals surface area contributed by atoms with Gasteiger partial charge in [-0.3, -0.25) is 0 Å². The van der Waals surface area contributed by atoms with Gasteiger partial charge in [-0.25, -0.2) is 0 Å². The van der Waals surface area contributed by atoms with Gasteiger partial charge in [0.25, 0.3) is 0 Å². The average Bonchev–Trinajstić information content (AvgIpc) is 3.36. The molecule has 162 valence electrons. The molecule has 0 bridgehead atoms. The summed E-state index contributed by atoms with van der Waals surface area (Å²) in [6.45, 7) is 16.1. The lowest BCUT2D eigenvalue weighted by molar-refractivity contribution is 0.308. The molecule has 0 aromatic heterocycles. The monoisotopic (exact) mass is 404 g/mol. The van der Waals surface area contributed by atoms with Crippen molar-refractivity contribution in [1.29, 1.82) is 0 Å². The molecule has 3 atom stereocenters. The zero-order valence-corrected chi connectivity index (χ0v) is 19.9. The molecule has 0 N–H and O–H groups in total. The fourth-order valence-corrected chi connectivity index (χ4v) is 6.03. The van der Waals surface area contributed by atoms with Crippen LogP contribution in [0.25, 0.3) is 0 Å². The SMILES string of the molecule is CC1=CC=C(C)C2C(CCN3C=CN(c4c(C(C)C)cccc4C(C)C)C3)CCC12. The van der Waals surface area contributed by atoms with Crippen LogP contribution in [0.3, 0.4) is 0 Å². The first-order chi connectivity index (χ1) is 14.4. The van der Waals surface area contributed by atoms with Crippen LogP contribution >= 0.6 is 0 Å². The largest absolute Gasteiger partial charge is 0.358 e. The molecule has 4 rings (SSSR count). The molecule has 2 aliphatic carbocycles. The molecule has 1 saturated carbocycles. The van der Waals surface area contributed by atoms with Crippen LogP contribution in [-0.2, 0) is 0 Å². The summed E-state index contributed by atoms with van der Waals surface area (Å²) in [6.07, 6.45) is 13.4. The molecule has 3 aliphatic rings. The van der Waals surface area contributed by atoms with E-state index >= 15 is 0 Å². The molecule has 0 amide bonds. The topological polar surface area (TPSA) is 6.48 Å². The van der Waals surface area contributed by atoms with Gasteiger partial charge in [0, 0.05) is 24.6 Å². The van der Waals surface area contributed by atoms with Gasteiger partial charge in [-0.15, -0.1) is 0 Å².